The van der Waals surface area contributed by atoms with Crippen LogP contribution in [0.5, 0.6) is 5.75 Å². The van der Waals surface area contributed by atoms with E-state index in [0.717, 1.165) is 12.1 Å². The zero-order chi connectivity index (χ0) is 25.3. The molecule has 0 radical (unpaired) electrons. The molecule has 5 nitrogen and oxygen atoms in total. The Morgan fingerprint density at radius 3 is 2.37 bits per heavy atom. The fourth-order valence-corrected chi connectivity index (χ4v) is 3.82. The predicted molar refractivity (Wildman–Crippen MR) is 132 cm³/mol. The minimum absolute atomic E-state index is 0.0554. The largest absolute Gasteiger partial charge is 0.489 e. The van der Waals surface area contributed by atoms with Crippen molar-refractivity contribution in [2.75, 3.05) is 5.32 Å². The van der Waals surface area contributed by atoms with Crippen LogP contribution in [-0.4, -0.2) is 15.7 Å². The van der Waals surface area contributed by atoms with E-state index in [4.69, 9.17) is 27.9 Å². The lowest BCUT2D eigenvalue weighted by atomic mass is 10.1. The number of rotatable bonds is 6. The van der Waals surface area contributed by atoms with Crippen molar-refractivity contribution in [1.29, 1.82) is 0 Å². The summed E-state index contributed by atoms with van der Waals surface area (Å²) in [6, 6.07) is 14.7. The molecule has 1 N–H and O–H groups in total. The van der Waals surface area contributed by atoms with Crippen LogP contribution in [0, 0.1) is 0 Å². The number of nitrogens with one attached hydrogen (secondary N) is 1. The van der Waals surface area contributed by atoms with Crippen LogP contribution in [-0.2, 0) is 12.7 Å². The Morgan fingerprint density at radius 1 is 1.03 bits per heavy atom. The van der Waals surface area contributed by atoms with E-state index in [1.54, 1.807) is 42.5 Å². The number of ether oxygens (including phenoxy) is 1. The normalized spacial score (nSPS) is 11.8. The lowest BCUT2D eigenvalue weighted by Crippen LogP contribution is -2.25. The van der Waals surface area contributed by atoms with E-state index in [0.29, 0.717) is 27.0 Å². The highest BCUT2D eigenvalue weighted by Gasteiger charge is 2.31. The van der Waals surface area contributed by atoms with Crippen molar-refractivity contribution < 1.29 is 17.9 Å². The zero-order valence-corrected chi connectivity index (χ0v) is 20.2. The first-order valence-corrected chi connectivity index (χ1v) is 11.4. The van der Waals surface area contributed by atoms with Crippen molar-refractivity contribution in [3.63, 3.8) is 0 Å². The maximum Gasteiger partial charge on any atom is 0.416 e. The minimum Gasteiger partial charge on any atom is -0.489 e. The smallest absolute Gasteiger partial charge is 0.416 e. The maximum atomic E-state index is 13.4. The van der Waals surface area contributed by atoms with Crippen LogP contribution in [0.4, 0.5) is 24.8 Å². The molecule has 3 aromatic carbocycles. The monoisotopic (exact) mass is 521 g/mol. The number of nitrogens with zero attached hydrogens (tertiary/aromatic N) is 2. The number of halogens is 5. The Kier molecular flexibility index (Phi) is 6.96. The third-order valence-corrected chi connectivity index (χ3v) is 5.63. The predicted octanol–water partition coefficient (Wildman–Crippen LogP) is 7.30. The number of anilines is 2. The molecule has 182 valence electrons. The first-order chi connectivity index (χ1) is 16.5. The number of aromatic nitrogens is 2. The van der Waals surface area contributed by atoms with Crippen molar-refractivity contribution >= 4 is 45.7 Å². The van der Waals surface area contributed by atoms with Gasteiger partial charge in [-0.2, -0.15) is 13.2 Å². The number of hydrogen-bond donors (Lipinski definition) is 1. The molecule has 0 aliphatic rings. The minimum atomic E-state index is -4.59. The van der Waals surface area contributed by atoms with Crippen molar-refractivity contribution in [2.24, 2.45) is 0 Å². The van der Waals surface area contributed by atoms with Crippen molar-refractivity contribution in [3.05, 3.63) is 92.2 Å². The van der Waals surface area contributed by atoms with Gasteiger partial charge in [-0.1, -0.05) is 35.3 Å². The first kappa shape index (κ1) is 24.9. The number of hydrogen-bond acceptors (Lipinski definition) is 4. The molecule has 35 heavy (non-hydrogen) atoms. The fourth-order valence-electron chi connectivity index (χ4n) is 3.47. The Morgan fingerprint density at radius 2 is 1.74 bits per heavy atom. The molecular weight excluding hydrogens is 502 g/mol. The zero-order valence-electron chi connectivity index (χ0n) is 18.7. The van der Waals surface area contributed by atoms with E-state index in [1.807, 2.05) is 13.8 Å². The summed E-state index contributed by atoms with van der Waals surface area (Å²) >= 11 is 12.3. The van der Waals surface area contributed by atoms with E-state index in [-0.39, 0.29) is 29.5 Å². The molecule has 10 heteroatoms. The molecule has 0 fully saturated rings. The van der Waals surface area contributed by atoms with Crippen molar-refractivity contribution in [1.82, 2.24) is 9.55 Å². The molecule has 1 heterocycles. The van der Waals surface area contributed by atoms with Gasteiger partial charge in [0.15, 0.2) is 0 Å². The van der Waals surface area contributed by atoms with Crippen molar-refractivity contribution in [2.45, 2.75) is 32.7 Å². The Hall–Kier alpha value is -3.23. The lowest BCUT2D eigenvalue weighted by molar-refractivity contribution is -0.137. The van der Waals surface area contributed by atoms with Crippen LogP contribution in [0.25, 0.3) is 10.9 Å². The topological polar surface area (TPSA) is 56.1 Å². The van der Waals surface area contributed by atoms with Crippen LogP contribution in [0.1, 0.15) is 25.0 Å². The number of fused-ring (bicyclic) bond motifs is 1. The summed E-state index contributed by atoms with van der Waals surface area (Å²) in [7, 11) is 0. The molecule has 0 aliphatic carbocycles. The van der Waals surface area contributed by atoms with E-state index in [1.165, 1.54) is 10.6 Å². The second kappa shape index (κ2) is 9.79. The average molecular weight is 522 g/mol. The van der Waals surface area contributed by atoms with Gasteiger partial charge in [0, 0.05) is 10.7 Å². The lowest BCUT2D eigenvalue weighted by Gasteiger charge is -2.17. The summed E-state index contributed by atoms with van der Waals surface area (Å²) in [5, 5.41) is 3.80. The molecule has 4 rings (SSSR count). The quantitative estimate of drug-likeness (QED) is 0.289. The summed E-state index contributed by atoms with van der Waals surface area (Å²) in [4.78, 5) is 17.8. The molecule has 0 saturated heterocycles. The fraction of sp³-hybridized carbons (Fsp3) is 0.200. The van der Waals surface area contributed by atoms with Gasteiger partial charge in [-0.05, 0) is 67.9 Å². The standard InChI is InChI=1S/C25H20Cl2F3N3O2/c1-14(2)35-22-10-8-18(12-20(22)27)31-24-32-21-9-5-16(25(28,29)30)11-19(21)23(34)33(24)13-15-3-6-17(26)7-4-15/h3-12,14H,13H2,1-2H3,(H,31,32). The van der Waals surface area contributed by atoms with Crippen molar-refractivity contribution in [3.8, 4) is 5.75 Å². The molecule has 0 bridgehead atoms. The third kappa shape index (κ3) is 5.71. The van der Waals surface area contributed by atoms with Crippen LogP contribution in [0.3, 0.4) is 0 Å². The summed E-state index contributed by atoms with van der Waals surface area (Å²) < 4.78 is 46.7. The van der Waals surface area contributed by atoms with Gasteiger partial charge in [0.25, 0.3) is 5.56 Å². The van der Waals surface area contributed by atoms with Crippen LogP contribution in [0.15, 0.2) is 65.5 Å². The second-order valence-corrected chi connectivity index (χ2v) is 8.96. The molecule has 0 amide bonds. The van der Waals surface area contributed by atoms with Gasteiger partial charge >= 0.3 is 6.18 Å². The third-order valence-electron chi connectivity index (χ3n) is 5.09. The van der Waals surface area contributed by atoms with E-state index in [9.17, 15) is 18.0 Å². The summed E-state index contributed by atoms with van der Waals surface area (Å²) in [5.74, 6) is 0.641. The van der Waals surface area contributed by atoms with E-state index >= 15 is 0 Å². The summed E-state index contributed by atoms with van der Waals surface area (Å²) in [6.45, 7) is 3.81. The SMILES string of the molecule is CC(C)Oc1ccc(Nc2nc3ccc(C(F)(F)F)cc3c(=O)n2Cc2ccc(Cl)cc2)cc1Cl. The first-order valence-electron chi connectivity index (χ1n) is 10.6. The molecule has 0 unspecified atom stereocenters. The molecule has 1 aromatic heterocycles. The van der Waals surface area contributed by atoms with E-state index < -0.39 is 17.3 Å². The summed E-state index contributed by atoms with van der Waals surface area (Å²) in [6.07, 6.45) is -4.66. The van der Waals surface area contributed by atoms with Crippen LogP contribution >= 0.6 is 23.2 Å². The highest BCUT2D eigenvalue weighted by molar-refractivity contribution is 6.32. The maximum absolute atomic E-state index is 13.4. The molecule has 0 atom stereocenters. The number of alkyl halides is 3. The highest BCUT2D eigenvalue weighted by Crippen LogP contribution is 2.32. The molecule has 4 aromatic rings. The Bertz CT molecular complexity index is 1440. The van der Waals surface area contributed by atoms with Crippen LogP contribution < -0.4 is 15.6 Å². The second-order valence-electron chi connectivity index (χ2n) is 8.12. The average Bonchev–Trinajstić information content (AvgIpc) is 2.78. The van der Waals surface area contributed by atoms with Crippen LogP contribution in [0.2, 0.25) is 10.0 Å². The molecule has 0 saturated carbocycles. The highest BCUT2D eigenvalue weighted by atomic mass is 35.5. The van der Waals surface area contributed by atoms with Gasteiger partial charge in [-0.3, -0.25) is 9.36 Å². The molecule has 0 spiro atoms. The molecular formula is C25H20Cl2F3N3O2. The summed E-state index contributed by atoms with van der Waals surface area (Å²) in [5.41, 5.74) is -0.177. The van der Waals surface area contributed by atoms with Gasteiger partial charge in [0.2, 0.25) is 5.95 Å². The van der Waals surface area contributed by atoms with Gasteiger partial charge in [0.05, 0.1) is 34.1 Å². The number of benzene rings is 3. The Labute approximate surface area is 209 Å². The van der Waals surface area contributed by atoms with Gasteiger partial charge in [0.1, 0.15) is 5.75 Å². The van der Waals surface area contributed by atoms with Gasteiger partial charge in [-0.25, -0.2) is 4.98 Å². The Balaban J connectivity index is 1.82. The van der Waals surface area contributed by atoms with Gasteiger partial charge in [-0.15, -0.1) is 0 Å². The molecule has 0 aliphatic heterocycles. The van der Waals surface area contributed by atoms with E-state index in [2.05, 4.69) is 10.3 Å². The van der Waals surface area contributed by atoms with Gasteiger partial charge < -0.3 is 10.1 Å².